The molecule has 1 aromatic heterocycles. The number of nitrogens with one attached hydrogen (secondary N) is 2. The normalized spacial score (nSPS) is 15.7. The van der Waals surface area contributed by atoms with Gasteiger partial charge in [0, 0.05) is 11.9 Å². The fourth-order valence-electron chi connectivity index (χ4n) is 3.78. The third-order valence-corrected chi connectivity index (χ3v) is 5.12. The number of hydrazine groups is 1. The Hall–Kier alpha value is -2.74. The molecule has 1 aromatic carbocycles. The zero-order valence-corrected chi connectivity index (χ0v) is 16.6. The van der Waals surface area contributed by atoms with E-state index in [9.17, 15) is 14.4 Å². The minimum Gasteiger partial charge on any atom is -0.292 e. The molecule has 0 spiro atoms. The predicted octanol–water partition coefficient (Wildman–Crippen LogP) is 1.30. The van der Waals surface area contributed by atoms with Crippen LogP contribution < -0.4 is 16.4 Å². The first-order valence-corrected chi connectivity index (χ1v) is 9.78. The van der Waals surface area contributed by atoms with Crippen LogP contribution in [0.5, 0.6) is 0 Å². The van der Waals surface area contributed by atoms with Crippen LogP contribution in [0.2, 0.25) is 0 Å². The van der Waals surface area contributed by atoms with Crippen LogP contribution in [0.25, 0.3) is 10.8 Å². The van der Waals surface area contributed by atoms with Crippen LogP contribution >= 0.6 is 0 Å². The Bertz CT molecular complexity index is 931. The highest BCUT2D eigenvalue weighted by Crippen LogP contribution is 2.18. The summed E-state index contributed by atoms with van der Waals surface area (Å²) in [5.74, 6) is -0.662. The van der Waals surface area contributed by atoms with Gasteiger partial charge < -0.3 is 0 Å². The number of aromatic nitrogens is 2. The number of amides is 2. The first kappa shape index (κ1) is 20.0. The first-order valence-electron chi connectivity index (χ1n) is 9.78. The van der Waals surface area contributed by atoms with Crippen LogP contribution in [0.15, 0.2) is 29.1 Å². The largest absolute Gasteiger partial charge is 0.292 e. The Kier molecular flexibility index (Phi) is 6.08. The third kappa shape index (κ3) is 3.91. The van der Waals surface area contributed by atoms with Crippen molar-refractivity contribution in [3.05, 3.63) is 40.3 Å². The second-order valence-electron chi connectivity index (χ2n) is 7.39. The molecule has 2 aromatic rings. The second kappa shape index (κ2) is 8.52. The summed E-state index contributed by atoms with van der Waals surface area (Å²) in [6.45, 7) is 7.90. The molecule has 8 heteroatoms. The van der Waals surface area contributed by atoms with Gasteiger partial charge in [-0.25, -0.2) is 4.68 Å². The van der Waals surface area contributed by atoms with E-state index in [4.69, 9.17) is 0 Å². The van der Waals surface area contributed by atoms with Crippen LogP contribution in [-0.2, 0) is 11.3 Å². The van der Waals surface area contributed by atoms with E-state index < -0.39 is 5.91 Å². The van der Waals surface area contributed by atoms with Crippen LogP contribution in [0.3, 0.4) is 0 Å². The average Bonchev–Trinajstić information content (AvgIpc) is 3.20. The molecule has 1 fully saturated rings. The van der Waals surface area contributed by atoms with Crippen molar-refractivity contribution in [2.45, 2.75) is 46.2 Å². The minimum atomic E-state index is -0.546. The van der Waals surface area contributed by atoms with Crippen molar-refractivity contribution < 1.29 is 9.59 Å². The summed E-state index contributed by atoms with van der Waals surface area (Å²) in [6, 6.07) is 6.55. The summed E-state index contributed by atoms with van der Waals surface area (Å²) in [5, 5.41) is 5.07. The number of fused-ring (bicyclic) bond motifs is 1. The SMILES string of the molecule is CCn1nc(C(=O)NNC(=O)C(C(C)C)N2CCCC2)c2ccccc2c1=O. The zero-order chi connectivity index (χ0) is 20.3. The first-order chi connectivity index (χ1) is 13.4. The maximum atomic E-state index is 12.7. The smallest absolute Gasteiger partial charge is 0.290 e. The summed E-state index contributed by atoms with van der Waals surface area (Å²) in [5.41, 5.74) is 4.89. The molecule has 0 aliphatic carbocycles. The maximum absolute atomic E-state index is 12.7. The van der Waals surface area contributed by atoms with E-state index in [1.807, 2.05) is 13.8 Å². The van der Waals surface area contributed by atoms with Crippen LogP contribution in [0.4, 0.5) is 0 Å². The van der Waals surface area contributed by atoms with Crippen molar-refractivity contribution in [2.24, 2.45) is 5.92 Å². The van der Waals surface area contributed by atoms with Crippen molar-refractivity contribution in [3.8, 4) is 0 Å². The van der Waals surface area contributed by atoms with Gasteiger partial charge in [-0.2, -0.15) is 5.10 Å². The number of aryl methyl sites for hydroxylation is 1. The summed E-state index contributed by atoms with van der Waals surface area (Å²) < 4.78 is 1.25. The molecule has 2 heterocycles. The Balaban J connectivity index is 1.80. The summed E-state index contributed by atoms with van der Waals surface area (Å²) in [6.07, 6.45) is 2.16. The van der Waals surface area contributed by atoms with Gasteiger partial charge in [0.2, 0.25) is 0 Å². The molecule has 1 aliphatic rings. The molecular weight excluding hydrogens is 358 g/mol. The Morgan fingerprint density at radius 2 is 1.75 bits per heavy atom. The molecule has 1 unspecified atom stereocenters. The van der Waals surface area contributed by atoms with E-state index in [1.165, 1.54) is 4.68 Å². The standard InChI is InChI=1S/C20H27N5O3/c1-4-25-20(28)15-10-6-5-9-14(15)16(23-25)18(26)21-22-19(27)17(13(2)3)24-11-7-8-12-24/h5-6,9-10,13,17H,4,7-8,11-12H2,1-3H3,(H,21,26)(H,22,27). The average molecular weight is 385 g/mol. The molecular formula is C20H27N5O3. The summed E-state index contributed by atoms with van der Waals surface area (Å²) in [7, 11) is 0. The van der Waals surface area contributed by atoms with Crippen molar-refractivity contribution in [3.63, 3.8) is 0 Å². The Morgan fingerprint density at radius 3 is 2.36 bits per heavy atom. The highest BCUT2D eigenvalue weighted by Gasteiger charge is 2.31. The zero-order valence-electron chi connectivity index (χ0n) is 16.6. The highest BCUT2D eigenvalue weighted by molar-refractivity contribution is 6.05. The van der Waals surface area contributed by atoms with Gasteiger partial charge in [-0.05, 0) is 44.8 Å². The van der Waals surface area contributed by atoms with E-state index in [-0.39, 0.29) is 29.1 Å². The number of carbonyl (C=O) groups is 2. The van der Waals surface area contributed by atoms with E-state index in [0.717, 1.165) is 25.9 Å². The van der Waals surface area contributed by atoms with E-state index in [2.05, 4.69) is 20.9 Å². The van der Waals surface area contributed by atoms with Crippen molar-refractivity contribution in [1.82, 2.24) is 25.5 Å². The molecule has 2 amide bonds. The Labute approximate surface area is 163 Å². The van der Waals surface area contributed by atoms with Gasteiger partial charge in [-0.15, -0.1) is 0 Å². The lowest BCUT2D eigenvalue weighted by atomic mass is 10.0. The van der Waals surface area contributed by atoms with Crippen molar-refractivity contribution >= 4 is 22.6 Å². The molecule has 0 radical (unpaired) electrons. The quantitative estimate of drug-likeness (QED) is 0.757. The summed E-state index contributed by atoms with van der Waals surface area (Å²) >= 11 is 0. The van der Waals surface area contributed by atoms with Gasteiger partial charge in [0.05, 0.1) is 11.4 Å². The lowest BCUT2D eigenvalue weighted by Crippen LogP contribution is -2.54. The van der Waals surface area contributed by atoms with E-state index in [1.54, 1.807) is 31.2 Å². The van der Waals surface area contributed by atoms with Gasteiger partial charge in [0.1, 0.15) is 0 Å². The van der Waals surface area contributed by atoms with E-state index >= 15 is 0 Å². The van der Waals surface area contributed by atoms with Crippen LogP contribution in [-0.4, -0.2) is 45.6 Å². The number of carbonyl (C=O) groups excluding carboxylic acids is 2. The second-order valence-corrected chi connectivity index (χ2v) is 7.39. The third-order valence-electron chi connectivity index (χ3n) is 5.12. The van der Waals surface area contributed by atoms with E-state index in [0.29, 0.717) is 17.3 Å². The van der Waals surface area contributed by atoms with Gasteiger partial charge in [0.25, 0.3) is 17.4 Å². The Morgan fingerprint density at radius 1 is 1.11 bits per heavy atom. The number of likely N-dealkylation sites (tertiary alicyclic amines) is 1. The maximum Gasteiger partial charge on any atom is 0.290 e. The van der Waals surface area contributed by atoms with Crippen molar-refractivity contribution in [1.29, 1.82) is 0 Å². The van der Waals surface area contributed by atoms with Gasteiger partial charge in [-0.3, -0.25) is 30.1 Å². The van der Waals surface area contributed by atoms with Gasteiger partial charge in [-0.1, -0.05) is 32.0 Å². The molecule has 150 valence electrons. The molecule has 1 saturated heterocycles. The lowest BCUT2D eigenvalue weighted by molar-refractivity contribution is -0.128. The molecule has 8 nitrogen and oxygen atoms in total. The lowest BCUT2D eigenvalue weighted by Gasteiger charge is -2.29. The molecule has 2 N–H and O–H groups in total. The fraction of sp³-hybridized carbons (Fsp3) is 0.500. The number of hydrogen-bond donors (Lipinski definition) is 2. The summed E-state index contributed by atoms with van der Waals surface area (Å²) in [4.78, 5) is 40.0. The molecule has 1 atom stereocenters. The van der Waals surface area contributed by atoms with Gasteiger partial charge >= 0.3 is 0 Å². The molecule has 0 bridgehead atoms. The topological polar surface area (TPSA) is 96.3 Å². The number of nitrogens with zero attached hydrogens (tertiary/aromatic N) is 3. The predicted molar refractivity (Wildman–Crippen MR) is 107 cm³/mol. The molecule has 1 aliphatic heterocycles. The number of hydrogen-bond acceptors (Lipinski definition) is 5. The molecule has 3 rings (SSSR count). The monoisotopic (exact) mass is 385 g/mol. The minimum absolute atomic E-state index is 0.111. The van der Waals surface area contributed by atoms with Crippen LogP contribution in [0, 0.1) is 5.92 Å². The number of rotatable bonds is 5. The number of benzene rings is 1. The fourth-order valence-corrected chi connectivity index (χ4v) is 3.78. The van der Waals surface area contributed by atoms with Crippen molar-refractivity contribution in [2.75, 3.05) is 13.1 Å². The highest BCUT2D eigenvalue weighted by atomic mass is 16.2. The molecule has 0 saturated carbocycles. The van der Waals surface area contributed by atoms with Gasteiger partial charge in [0.15, 0.2) is 5.69 Å². The molecule has 28 heavy (non-hydrogen) atoms. The van der Waals surface area contributed by atoms with Crippen LogP contribution in [0.1, 0.15) is 44.1 Å².